The van der Waals surface area contributed by atoms with Crippen LogP contribution in [0.2, 0.25) is 0 Å². The van der Waals surface area contributed by atoms with E-state index in [0.717, 1.165) is 47.2 Å². The van der Waals surface area contributed by atoms with E-state index >= 15 is 0 Å². The molecule has 0 spiro atoms. The van der Waals surface area contributed by atoms with Crippen LogP contribution in [0.1, 0.15) is 42.7 Å². The van der Waals surface area contributed by atoms with Crippen LogP contribution < -0.4 is 5.32 Å². The van der Waals surface area contributed by atoms with Gasteiger partial charge in [-0.1, -0.05) is 65.8 Å². The van der Waals surface area contributed by atoms with Crippen molar-refractivity contribution in [1.82, 2.24) is 10.1 Å². The van der Waals surface area contributed by atoms with Gasteiger partial charge < -0.3 is 14.6 Å². The smallest absolute Gasteiger partial charge is 0.416 e. The van der Waals surface area contributed by atoms with Crippen LogP contribution in [0.4, 0.5) is 24.5 Å². The van der Waals surface area contributed by atoms with E-state index in [2.05, 4.69) is 15.5 Å². The summed E-state index contributed by atoms with van der Waals surface area (Å²) in [4.78, 5) is 16.3. The Balaban J connectivity index is 1.17. The number of nitrogens with one attached hydrogen (secondary N) is 1. The number of aromatic nitrogens is 2. The number of pyridine rings is 1. The lowest BCUT2D eigenvalue weighted by atomic mass is 10.00. The highest BCUT2D eigenvalue weighted by molar-refractivity contribution is 5.81. The number of halogens is 3. The molecule has 1 atom stereocenters. The minimum absolute atomic E-state index is 0.0682. The molecule has 1 aliphatic rings. The number of anilines is 2. The van der Waals surface area contributed by atoms with Crippen LogP contribution in [0.3, 0.4) is 0 Å². The molecule has 1 N–H and O–H groups in total. The third-order valence-corrected chi connectivity index (χ3v) is 7.48. The van der Waals surface area contributed by atoms with Crippen molar-refractivity contribution >= 4 is 17.3 Å². The first kappa shape index (κ1) is 28.2. The SMILES string of the molecule is Cc1noc(-c2ccc(-c3ccc(C(C)OC(=O)C4CC4)cc3)cc2)c1Nc1cncc(-c2ccc(C(F)(F)F)cc2)c1. The molecule has 3 aromatic carbocycles. The summed E-state index contributed by atoms with van der Waals surface area (Å²) in [5.41, 5.74) is 6.32. The lowest BCUT2D eigenvalue weighted by Crippen LogP contribution is -2.10. The highest BCUT2D eigenvalue weighted by atomic mass is 19.4. The van der Waals surface area contributed by atoms with E-state index < -0.39 is 11.7 Å². The molecule has 9 heteroatoms. The Morgan fingerprint density at radius 3 is 2.09 bits per heavy atom. The molecular formula is C34H28F3N3O3. The maximum Gasteiger partial charge on any atom is 0.416 e. The molecule has 0 saturated heterocycles. The van der Waals surface area contributed by atoms with Gasteiger partial charge >= 0.3 is 12.1 Å². The van der Waals surface area contributed by atoms with E-state index in [4.69, 9.17) is 9.26 Å². The predicted molar refractivity (Wildman–Crippen MR) is 157 cm³/mol. The second kappa shape index (κ2) is 11.4. The highest BCUT2D eigenvalue weighted by Crippen LogP contribution is 2.36. The first-order chi connectivity index (χ1) is 20.7. The minimum atomic E-state index is -4.39. The number of esters is 1. The fourth-order valence-corrected chi connectivity index (χ4v) is 4.79. The first-order valence-electron chi connectivity index (χ1n) is 13.9. The number of carbonyl (C=O) groups is 1. The zero-order valence-corrected chi connectivity index (χ0v) is 23.5. The van der Waals surface area contributed by atoms with E-state index in [-0.39, 0.29) is 18.0 Å². The van der Waals surface area contributed by atoms with Crippen LogP contribution in [0.25, 0.3) is 33.6 Å². The number of alkyl halides is 3. The topological polar surface area (TPSA) is 77.2 Å². The van der Waals surface area contributed by atoms with E-state index in [9.17, 15) is 18.0 Å². The summed E-state index contributed by atoms with van der Waals surface area (Å²) in [6, 6.07) is 22.6. The molecule has 5 aromatic rings. The number of ether oxygens (including phenoxy) is 1. The molecule has 0 bridgehead atoms. The molecule has 0 radical (unpaired) electrons. The van der Waals surface area contributed by atoms with Crippen molar-refractivity contribution in [2.24, 2.45) is 5.92 Å². The Labute approximate surface area is 246 Å². The van der Waals surface area contributed by atoms with Gasteiger partial charge in [0.05, 0.1) is 23.4 Å². The monoisotopic (exact) mass is 583 g/mol. The third kappa shape index (κ3) is 6.30. The van der Waals surface area contributed by atoms with Crippen molar-refractivity contribution in [2.75, 3.05) is 5.32 Å². The van der Waals surface area contributed by atoms with Crippen molar-refractivity contribution in [3.63, 3.8) is 0 Å². The Hall–Kier alpha value is -4.92. The van der Waals surface area contributed by atoms with Crippen LogP contribution in [0, 0.1) is 12.8 Å². The summed E-state index contributed by atoms with van der Waals surface area (Å²) in [7, 11) is 0. The largest absolute Gasteiger partial charge is 0.458 e. The molecule has 1 saturated carbocycles. The standard InChI is InChI=1S/C34H28F3N3O3/c1-20-31(39-30-17-28(18-38-19-30)25-13-15-29(16-14-25)34(35,36)37)32(43-40-20)26-9-7-24(8-10-26)23-5-3-22(4-6-23)21(2)42-33(41)27-11-12-27/h3-10,13-19,21,27,39H,11-12H2,1-2H3. The molecule has 2 aromatic heterocycles. The molecule has 0 aliphatic heterocycles. The molecule has 6 rings (SSSR count). The summed E-state index contributed by atoms with van der Waals surface area (Å²) >= 11 is 0. The van der Waals surface area contributed by atoms with Gasteiger partial charge in [-0.2, -0.15) is 13.2 Å². The Morgan fingerprint density at radius 1 is 0.884 bits per heavy atom. The van der Waals surface area contributed by atoms with Gasteiger partial charge in [0.1, 0.15) is 17.5 Å². The maximum atomic E-state index is 13.0. The average molecular weight is 584 g/mol. The molecular weight excluding hydrogens is 555 g/mol. The molecule has 2 heterocycles. The molecule has 218 valence electrons. The third-order valence-electron chi connectivity index (χ3n) is 7.48. The lowest BCUT2D eigenvalue weighted by Gasteiger charge is -2.14. The van der Waals surface area contributed by atoms with Crippen molar-refractivity contribution in [3.8, 4) is 33.6 Å². The second-order valence-electron chi connectivity index (χ2n) is 10.7. The van der Waals surface area contributed by atoms with E-state index in [0.29, 0.717) is 34.0 Å². The zero-order valence-electron chi connectivity index (χ0n) is 23.5. The number of hydrogen-bond acceptors (Lipinski definition) is 6. The summed E-state index contributed by atoms with van der Waals surface area (Å²) in [5.74, 6) is 0.496. The van der Waals surface area contributed by atoms with Gasteiger partial charge in [0.25, 0.3) is 0 Å². The normalized spacial score (nSPS) is 13.9. The van der Waals surface area contributed by atoms with Crippen LogP contribution >= 0.6 is 0 Å². The number of benzene rings is 3. The Morgan fingerprint density at radius 2 is 1.47 bits per heavy atom. The summed E-state index contributed by atoms with van der Waals surface area (Å²) in [5, 5.41) is 7.46. The van der Waals surface area contributed by atoms with E-state index in [1.54, 1.807) is 12.4 Å². The van der Waals surface area contributed by atoms with Crippen LogP contribution in [0.15, 0.2) is 95.8 Å². The van der Waals surface area contributed by atoms with Gasteiger partial charge in [-0.05, 0) is 67.1 Å². The summed E-state index contributed by atoms with van der Waals surface area (Å²) in [6.45, 7) is 3.71. The molecule has 0 amide bonds. The quantitative estimate of drug-likeness (QED) is 0.184. The van der Waals surface area contributed by atoms with Crippen molar-refractivity contribution < 1.29 is 27.2 Å². The zero-order chi connectivity index (χ0) is 30.1. The predicted octanol–water partition coefficient (Wildman–Crippen LogP) is 9.16. The number of carbonyl (C=O) groups excluding carboxylic acids is 1. The van der Waals surface area contributed by atoms with Crippen molar-refractivity contribution in [3.05, 3.63) is 108 Å². The first-order valence-corrected chi connectivity index (χ1v) is 13.9. The minimum Gasteiger partial charge on any atom is -0.458 e. The number of hydrogen-bond donors (Lipinski definition) is 1. The van der Waals surface area contributed by atoms with Gasteiger partial charge in [-0.25, -0.2) is 0 Å². The average Bonchev–Trinajstić information content (AvgIpc) is 3.81. The molecule has 6 nitrogen and oxygen atoms in total. The fourth-order valence-electron chi connectivity index (χ4n) is 4.79. The number of rotatable bonds is 8. The highest BCUT2D eigenvalue weighted by Gasteiger charge is 2.32. The van der Waals surface area contributed by atoms with Gasteiger partial charge in [0, 0.05) is 17.3 Å². The number of aryl methyl sites for hydroxylation is 1. The molecule has 1 aliphatic carbocycles. The van der Waals surface area contributed by atoms with Gasteiger partial charge in [0.2, 0.25) is 0 Å². The lowest BCUT2D eigenvalue weighted by molar-refractivity contribution is -0.150. The van der Waals surface area contributed by atoms with E-state index in [1.807, 2.05) is 68.4 Å². The maximum absolute atomic E-state index is 13.0. The summed E-state index contributed by atoms with van der Waals surface area (Å²) < 4.78 is 50.1. The second-order valence-corrected chi connectivity index (χ2v) is 10.7. The van der Waals surface area contributed by atoms with Crippen molar-refractivity contribution in [1.29, 1.82) is 0 Å². The number of nitrogens with zero attached hydrogens (tertiary/aromatic N) is 2. The molecule has 1 fully saturated rings. The molecule has 43 heavy (non-hydrogen) atoms. The van der Waals surface area contributed by atoms with Crippen LogP contribution in [-0.2, 0) is 15.7 Å². The molecule has 1 unspecified atom stereocenters. The van der Waals surface area contributed by atoms with Crippen LogP contribution in [0.5, 0.6) is 0 Å². The van der Waals surface area contributed by atoms with E-state index in [1.165, 1.54) is 12.1 Å². The van der Waals surface area contributed by atoms with Crippen molar-refractivity contribution in [2.45, 2.75) is 39.0 Å². The van der Waals surface area contributed by atoms with Gasteiger partial charge in [-0.15, -0.1) is 0 Å². The van der Waals surface area contributed by atoms with Crippen LogP contribution in [-0.4, -0.2) is 16.1 Å². The van der Waals surface area contributed by atoms with Gasteiger partial charge in [-0.3, -0.25) is 9.78 Å². The summed E-state index contributed by atoms with van der Waals surface area (Å²) in [6.07, 6.45) is 0.378. The Kier molecular flexibility index (Phi) is 7.48. The van der Waals surface area contributed by atoms with Gasteiger partial charge in [0.15, 0.2) is 5.76 Å². The Bertz CT molecular complexity index is 1740. The fraction of sp³-hybridized carbons (Fsp3) is 0.206.